The van der Waals surface area contributed by atoms with Gasteiger partial charge in [0.05, 0.1) is 6.92 Å². The Morgan fingerprint density at radius 2 is 2.29 bits per heavy atom. The molecule has 0 aromatic carbocycles. The molecular formula is C6H12O. The number of ether oxygens (including phenoxy) is 1. The van der Waals surface area contributed by atoms with E-state index >= 15 is 0 Å². The summed E-state index contributed by atoms with van der Waals surface area (Å²) in [7, 11) is 0. The fourth-order valence-electron chi connectivity index (χ4n) is 0.306. The van der Waals surface area contributed by atoms with Crippen LogP contribution in [-0.4, -0.2) is 13.2 Å². The summed E-state index contributed by atoms with van der Waals surface area (Å²) in [6, 6.07) is 0. The Hall–Kier alpha value is -0.170. The molecule has 0 unspecified atom stereocenters. The van der Waals surface area contributed by atoms with Crippen LogP contribution in [0.15, 0.2) is 0 Å². The Labute approximate surface area is 45.7 Å². The minimum absolute atomic E-state index is 0.583. The molecule has 1 nitrogen and oxygen atoms in total. The largest absolute Gasteiger partial charge is 0.343 e. The molecule has 0 atom stereocenters. The van der Waals surface area contributed by atoms with Gasteiger partial charge < -0.3 is 11.7 Å². The average Bonchev–Trinajstić information content (AvgIpc) is 1.69. The molecule has 42 valence electrons. The number of hydrogen-bond acceptors (Lipinski definition) is 1. The maximum absolute atomic E-state index is 4.92. The summed E-state index contributed by atoms with van der Waals surface area (Å²) >= 11 is 0. The summed E-state index contributed by atoms with van der Waals surface area (Å²) < 4.78 is 4.92. The van der Waals surface area contributed by atoms with Gasteiger partial charge in [0.2, 0.25) is 0 Å². The predicted octanol–water partition coefficient (Wildman–Crippen LogP) is 1.45. The highest BCUT2D eigenvalue weighted by Crippen LogP contribution is 1.84. The third-order valence-corrected chi connectivity index (χ3v) is 0.683. The average molecular weight is 100 g/mol. The molecule has 0 amide bonds. The van der Waals surface area contributed by atoms with Gasteiger partial charge in [-0.25, -0.2) is 0 Å². The van der Waals surface area contributed by atoms with Gasteiger partial charge in [-0.3, -0.25) is 0 Å². The Bertz CT molecular complexity index is 23.4. The van der Waals surface area contributed by atoms with Gasteiger partial charge in [-0.05, 0) is 0 Å². The zero-order valence-electron chi connectivity index (χ0n) is 4.65. The van der Waals surface area contributed by atoms with Crippen LogP contribution in [-0.2, 0) is 4.74 Å². The van der Waals surface area contributed by atoms with Gasteiger partial charge in [0.1, 0.15) is 0 Å². The maximum atomic E-state index is 4.92. The molecule has 0 aliphatic carbocycles. The van der Waals surface area contributed by atoms with E-state index in [0.29, 0.717) is 6.61 Å². The summed E-state index contributed by atoms with van der Waals surface area (Å²) in [5.74, 6) is 0. The Morgan fingerprint density at radius 1 is 1.57 bits per heavy atom. The second-order valence-electron chi connectivity index (χ2n) is 1.32. The van der Waals surface area contributed by atoms with Crippen molar-refractivity contribution in [1.82, 2.24) is 0 Å². The van der Waals surface area contributed by atoms with Crippen LogP contribution in [0.1, 0.15) is 12.8 Å². The van der Waals surface area contributed by atoms with Crippen LogP contribution in [0.5, 0.6) is 0 Å². The molecule has 7 heavy (non-hydrogen) atoms. The molecule has 0 aliphatic heterocycles. The molecule has 0 aromatic rings. The summed E-state index contributed by atoms with van der Waals surface area (Å²) in [4.78, 5) is 0. The van der Waals surface area contributed by atoms with E-state index in [0.717, 1.165) is 19.4 Å². The van der Waals surface area contributed by atoms with Crippen molar-refractivity contribution in [1.29, 1.82) is 0 Å². The van der Waals surface area contributed by atoms with Crippen molar-refractivity contribution in [3.8, 4) is 0 Å². The molecule has 0 saturated carbocycles. The van der Waals surface area contributed by atoms with Crippen molar-refractivity contribution < 1.29 is 4.74 Å². The van der Waals surface area contributed by atoms with Gasteiger partial charge in [-0.1, -0.05) is 6.42 Å². The van der Waals surface area contributed by atoms with E-state index in [4.69, 9.17) is 4.74 Å². The zero-order valence-corrected chi connectivity index (χ0v) is 4.65. The minimum atomic E-state index is 0.583. The quantitative estimate of drug-likeness (QED) is 0.384. The number of unbranched alkanes of at least 4 members (excludes halogenated alkanes) is 1. The van der Waals surface area contributed by atoms with Crippen LogP contribution in [0, 0.1) is 13.8 Å². The van der Waals surface area contributed by atoms with Crippen LogP contribution in [0.3, 0.4) is 0 Å². The molecule has 1 heteroatoms. The van der Waals surface area contributed by atoms with E-state index in [1.54, 1.807) is 0 Å². The molecule has 0 bridgehead atoms. The molecular weight excluding hydrogens is 88.1 g/mol. The van der Waals surface area contributed by atoms with Crippen molar-refractivity contribution in [3.63, 3.8) is 0 Å². The highest BCUT2D eigenvalue weighted by atomic mass is 16.5. The standard InChI is InChI=1S/C6H12O/c1-3-5-6-7-4-2/h1-6H2. The highest BCUT2D eigenvalue weighted by Gasteiger charge is 1.79. The minimum Gasteiger partial charge on any atom is -0.343 e. The molecule has 0 aliphatic rings. The Balaban J connectivity index is 2.45. The lowest BCUT2D eigenvalue weighted by atomic mass is 10.4. The Morgan fingerprint density at radius 3 is 2.71 bits per heavy atom. The Kier molecular flexibility index (Phi) is 5.69. The first-order valence-electron chi connectivity index (χ1n) is 2.58. The maximum Gasteiger partial charge on any atom is 0.184 e. The van der Waals surface area contributed by atoms with E-state index in [1.807, 2.05) is 0 Å². The molecule has 0 aromatic heterocycles. The van der Waals surface area contributed by atoms with E-state index in [9.17, 15) is 0 Å². The van der Waals surface area contributed by atoms with E-state index in [-0.39, 0.29) is 0 Å². The van der Waals surface area contributed by atoms with Gasteiger partial charge in [0.25, 0.3) is 0 Å². The molecule has 0 fully saturated rings. The zero-order chi connectivity index (χ0) is 5.54. The lowest BCUT2D eigenvalue weighted by molar-refractivity contribution is 0.159. The van der Waals surface area contributed by atoms with Crippen molar-refractivity contribution >= 4 is 0 Å². The van der Waals surface area contributed by atoms with Crippen molar-refractivity contribution in [3.05, 3.63) is 13.8 Å². The summed E-state index contributed by atoms with van der Waals surface area (Å²) in [5, 5.41) is 0. The van der Waals surface area contributed by atoms with Crippen molar-refractivity contribution in [2.24, 2.45) is 0 Å². The first kappa shape index (κ1) is 6.83. The van der Waals surface area contributed by atoms with Crippen molar-refractivity contribution in [2.75, 3.05) is 13.2 Å². The lowest BCUT2D eigenvalue weighted by Gasteiger charge is -1.94. The van der Waals surface area contributed by atoms with Gasteiger partial charge >= 0.3 is 0 Å². The smallest absolute Gasteiger partial charge is 0.184 e. The molecule has 0 rings (SSSR count). The van der Waals surface area contributed by atoms with Crippen LogP contribution >= 0.6 is 0 Å². The first-order chi connectivity index (χ1) is 3.41. The summed E-state index contributed by atoms with van der Waals surface area (Å²) in [6.45, 7) is 8.57. The van der Waals surface area contributed by atoms with Crippen molar-refractivity contribution in [2.45, 2.75) is 12.8 Å². The molecule has 0 radical (unpaired) electrons. The normalized spacial score (nSPS) is 9.29. The molecule has 0 spiro atoms. The highest BCUT2D eigenvalue weighted by molar-refractivity contribution is 4.39. The predicted molar refractivity (Wildman–Crippen MR) is 30.8 cm³/mol. The number of rotatable bonds is 4. The van der Waals surface area contributed by atoms with Crippen LogP contribution < -0.4 is 0 Å². The summed E-state index contributed by atoms with van der Waals surface area (Å²) in [5.41, 5.74) is 0. The summed E-state index contributed by atoms with van der Waals surface area (Å²) in [6.07, 6.45) is 2.01. The third kappa shape index (κ3) is 5.83. The fraction of sp³-hybridized carbons (Fsp3) is 0.667. The third-order valence-electron chi connectivity index (χ3n) is 0.683. The van der Waals surface area contributed by atoms with Crippen LogP contribution in [0.4, 0.5) is 0 Å². The van der Waals surface area contributed by atoms with Gasteiger partial charge in [-0.15, -0.1) is 0 Å². The molecule has 0 N–H and O–H groups in total. The topological polar surface area (TPSA) is 9.23 Å². The monoisotopic (exact) mass is 100 g/mol. The van der Waals surface area contributed by atoms with E-state index < -0.39 is 0 Å². The van der Waals surface area contributed by atoms with Crippen LogP contribution in [0.25, 0.3) is 0 Å². The second-order valence-corrected chi connectivity index (χ2v) is 1.32. The second kappa shape index (κ2) is 5.83. The molecule has 0 heterocycles. The van der Waals surface area contributed by atoms with E-state index in [1.165, 1.54) is 0 Å². The fourth-order valence-corrected chi connectivity index (χ4v) is 0.306. The first-order valence-corrected chi connectivity index (χ1v) is 2.58. The van der Waals surface area contributed by atoms with Gasteiger partial charge in [0.15, 0.2) is 6.61 Å². The van der Waals surface area contributed by atoms with Crippen LogP contribution in [0.2, 0.25) is 0 Å². The molecule has 0 saturated heterocycles. The SMILES string of the molecule is [CH2+]COCCC[CH2-]. The lowest BCUT2D eigenvalue weighted by Crippen LogP contribution is -1.91. The van der Waals surface area contributed by atoms with Gasteiger partial charge in [-0.2, -0.15) is 6.42 Å². The van der Waals surface area contributed by atoms with E-state index in [2.05, 4.69) is 13.8 Å². The van der Waals surface area contributed by atoms with Gasteiger partial charge in [0, 0.05) is 6.61 Å². The number of hydrogen-bond donors (Lipinski definition) is 0.